The zero-order chi connectivity index (χ0) is 17.3. The lowest BCUT2D eigenvalue weighted by atomic mass is 10.1. The average Bonchev–Trinajstić information content (AvgIpc) is 3.20. The summed E-state index contributed by atoms with van der Waals surface area (Å²) < 4.78 is 0.937. The van der Waals surface area contributed by atoms with E-state index in [9.17, 15) is 9.59 Å². The highest BCUT2D eigenvalue weighted by molar-refractivity contribution is 9.10. The van der Waals surface area contributed by atoms with Crippen molar-refractivity contribution in [2.45, 2.75) is 38.3 Å². The third-order valence-electron chi connectivity index (χ3n) is 5.17. The van der Waals surface area contributed by atoms with Crippen molar-refractivity contribution in [1.29, 1.82) is 0 Å². The molecule has 5 nitrogen and oxygen atoms in total. The number of rotatable bonds is 3. The molecule has 3 atom stereocenters. The third kappa shape index (κ3) is 4.18. The van der Waals surface area contributed by atoms with Gasteiger partial charge in [-0.15, -0.1) is 12.4 Å². The molecule has 0 aliphatic carbocycles. The Balaban J connectivity index is 0.00000225. The van der Waals surface area contributed by atoms with E-state index in [1.165, 1.54) is 0 Å². The summed E-state index contributed by atoms with van der Waals surface area (Å²) in [5.74, 6) is 0.406. The fourth-order valence-corrected chi connectivity index (χ4v) is 4.10. The first kappa shape index (κ1) is 20.2. The van der Waals surface area contributed by atoms with E-state index in [1.54, 1.807) is 17.0 Å². The number of benzene rings is 1. The summed E-state index contributed by atoms with van der Waals surface area (Å²) in [4.78, 5) is 29.5. The van der Waals surface area contributed by atoms with Crippen molar-refractivity contribution in [3.8, 4) is 0 Å². The Kier molecular flexibility index (Phi) is 6.88. The van der Waals surface area contributed by atoms with E-state index < -0.39 is 0 Å². The Labute approximate surface area is 163 Å². The van der Waals surface area contributed by atoms with E-state index in [-0.39, 0.29) is 36.3 Å². The zero-order valence-corrected chi connectivity index (χ0v) is 16.8. The number of carbonyl (C=O) groups excluding carboxylic acids is 2. The number of hydrogen-bond acceptors (Lipinski definition) is 3. The quantitative estimate of drug-likeness (QED) is 0.802. The summed E-state index contributed by atoms with van der Waals surface area (Å²) >= 11 is 3.38. The van der Waals surface area contributed by atoms with Crippen molar-refractivity contribution in [2.24, 2.45) is 11.7 Å². The molecule has 2 amide bonds. The Morgan fingerprint density at radius 2 is 1.92 bits per heavy atom. The largest absolute Gasteiger partial charge is 0.338 e. The van der Waals surface area contributed by atoms with Crippen LogP contribution >= 0.6 is 28.3 Å². The maximum Gasteiger partial charge on any atom is 0.254 e. The normalized spacial score (nSPS) is 25.8. The van der Waals surface area contributed by atoms with Gasteiger partial charge < -0.3 is 15.5 Å². The molecule has 2 aliphatic heterocycles. The molecule has 2 saturated heterocycles. The number of amides is 2. The van der Waals surface area contributed by atoms with E-state index in [2.05, 4.69) is 22.9 Å². The Bertz CT molecular complexity index is 625. The van der Waals surface area contributed by atoms with Crippen molar-refractivity contribution >= 4 is 40.2 Å². The van der Waals surface area contributed by atoms with Crippen molar-refractivity contribution in [2.75, 3.05) is 19.6 Å². The third-order valence-corrected chi connectivity index (χ3v) is 5.70. The van der Waals surface area contributed by atoms with Gasteiger partial charge in [0.05, 0.1) is 0 Å². The van der Waals surface area contributed by atoms with Crippen LogP contribution in [0.3, 0.4) is 0 Å². The van der Waals surface area contributed by atoms with E-state index in [4.69, 9.17) is 5.73 Å². The summed E-state index contributed by atoms with van der Waals surface area (Å²) in [6.07, 6.45) is 2.58. The summed E-state index contributed by atoms with van der Waals surface area (Å²) in [6.45, 7) is 4.05. The van der Waals surface area contributed by atoms with Gasteiger partial charge in [0.25, 0.3) is 5.91 Å². The van der Waals surface area contributed by atoms with Crippen molar-refractivity contribution in [1.82, 2.24) is 9.80 Å². The van der Waals surface area contributed by atoms with Crippen molar-refractivity contribution < 1.29 is 9.59 Å². The molecule has 2 heterocycles. The van der Waals surface area contributed by atoms with E-state index >= 15 is 0 Å². The molecule has 0 radical (unpaired) electrons. The minimum Gasteiger partial charge on any atom is -0.338 e. The van der Waals surface area contributed by atoms with Crippen LogP contribution in [0.1, 0.15) is 36.5 Å². The first-order valence-electron chi connectivity index (χ1n) is 8.58. The average molecular weight is 431 g/mol. The van der Waals surface area contributed by atoms with Crippen LogP contribution in [-0.2, 0) is 4.79 Å². The Morgan fingerprint density at radius 1 is 1.24 bits per heavy atom. The van der Waals surface area contributed by atoms with E-state index in [0.29, 0.717) is 31.1 Å². The van der Waals surface area contributed by atoms with Gasteiger partial charge in [-0.3, -0.25) is 9.59 Å². The molecule has 0 aromatic heterocycles. The summed E-state index contributed by atoms with van der Waals surface area (Å²) in [7, 11) is 0. The first-order chi connectivity index (χ1) is 11.5. The second-order valence-electron chi connectivity index (χ2n) is 6.84. The fraction of sp³-hybridized carbons (Fsp3) is 0.556. The highest BCUT2D eigenvalue weighted by Gasteiger charge is 2.40. The highest BCUT2D eigenvalue weighted by atomic mass is 79.9. The van der Waals surface area contributed by atoms with Gasteiger partial charge in [-0.1, -0.05) is 15.9 Å². The Hall–Kier alpha value is -1.11. The van der Waals surface area contributed by atoms with Gasteiger partial charge in [0.2, 0.25) is 5.91 Å². The number of halogens is 2. The lowest BCUT2D eigenvalue weighted by Crippen LogP contribution is -2.49. The first-order valence-corrected chi connectivity index (χ1v) is 9.37. The molecule has 1 aromatic carbocycles. The molecule has 3 unspecified atom stereocenters. The molecule has 25 heavy (non-hydrogen) atoms. The van der Waals surface area contributed by atoms with Gasteiger partial charge in [-0.25, -0.2) is 0 Å². The number of nitrogens with two attached hydrogens (primary N) is 1. The van der Waals surface area contributed by atoms with Crippen LogP contribution in [0.25, 0.3) is 0 Å². The van der Waals surface area contributed by atoms with Gasteiger partial charge in [0.15, 0.2) is 0 Å². The van der Waals surface area contributed by atoms with Gasteiger partial charge in [0.1, 0.15) is 6.04 Å². The SMILES string of the molecule is CC1CC(CN)CN1C(=O)C1CCCN1C(=O)c1ccc(Br)cc1.Cl. The maximum atomic E-state index is 13.0. The summed E-state index contributed by atoms with van der Waals surface area (Å²) in [5.41, 5.74) is 6.40. The van der Waals surface area contributed by atoms with Crippen LogP contribution < -0.4 is 5.73 Å². The number of carbonyl (C=O) groups is 2. The van der Waals surface area contributed by atoms with Crippen molar-refractivity contribution in [3.63, 3.8) is 0 Å². The van der Waals surface area contributed by atoms with E-state index in [1.807, 2.05) is 17.0 Å². The topological polar surface area (TPSA) is 66.6 Å². The lowest BCUT2D eigenvalue weighted by Gasteiger charge is -2.30. The zero-order valence-electron chi connectivity index (χ0n) is 14.4. The van der Waals surface area contributed by atoms with Gasteiger partial charge in [0, 0.05) is 29.2 Å². The molecule has 3 rings (SSSR count). The smallest absolute Gasteiger partial charge is 0.254 e. The number of nitrogens with zero attached hydrogens (tertiary/aromatic N) is 2. The predicted molar refractivity (Wildman–Crippen MR) is 104 cm³/mol. The second kappa shape index (κ2) is 8.52. The van der Waals surface area contributed by atoms with Crippen LogP contribution in [0.5, 0.6) is 0 Å². The Morgan fingerprint density at radius 3 is 2.52 bits per heavy atom. The molecule has 138 valence electrons. The minimum absolute atomic E-state index is 0. The molecular weight excluding hydrogens is 406 g/mol. The van der Waals surface area contributed by atoms with Crippen LogP contribution in [-0.4, -0.2) is 53.3 Å². The maximum absolute atomic E-state index is 13.0. The van der Waals surface area contributed by atoms with Crippen LogP contribution in [0, 0.1) is 5.92 Å². The molecule has 0 bridgehead atoms. The van der Waals surface area contributed by atoms with Gasteiger partial charge in [-0.2, -0.15) is 0 Å². The molecule has 0 spiro atoms. The number of likely N-dealkylation sites (tertiary alicyclic amines) is 2. The van der Waals surface area contributed by atoms with Crippen LogP contribution in [0.4, 0.5) is 0 Å². The highest BCUT2D eigenvalue weighted by Crippen LogP contribution is 2.28. The number of hydrogen-bond donors (Lipinski definition) is 1. The monoisotopic (exact) mass is 429 g/mol. The summed E-state index contributed by atoms with van der Waals surface area (Å²) in [5, 5.41) is 0. The fourth-order valence-electron chi connectivity index (χ4n) is 3.84. The minimum atomic E-state index is -0.333. The molecule has 7 heteroatoms. The van der Waals surface area contributed by atoms with Crippen LogP contribution in [0.15, 0.2) is 28.7 Å². The molecule has 2 N–H and O–H groups in total. The van der Waals surface area contributed by atoms with Gasteiger partial charge in [-0.05, 0) is 62.9 Å². The van der Waals surface area contributed by atoms with Crippen molar-refractivity contribution in [3.05, 3.63) is 34.3 Å². The molecule has 0 saturated carbocycles. The van der Waals surface area contributed by atoms with Crippen LogP contribution in [0.2, 0.25) is 0 Å². The summed E-state index contributed by atoms with van der Waals surface area (Å²) in [6, 6.07) is 7.18. The molecule has 2 fully saturated rings. The lowest BCUT2D eigenvalue weighted by molar-refractivity contribution is -0.135. The second-order valence-corrected chi connectivity index (χ2v) is 7.76. The predicted octanol–water partition coefficient (Wildman–Crippen LogP) is 2.67. The van der Waals surface area contributed by atoms with E-state index in [0.717, 1.165) is 23.7 Å². The van der Waals surface area contributed by atoms with Gasteiger partial charge >= 0.3 is 0 Å². The molecule has 1 aromatic rings. The standard InChI is InChI=1S/C18H24BrN3O2.ClH/c1-12-9-13(10-20)11-22(12)18(24)16-3-2-8-21(16)17(23)14-4-6-15(19)7-5-14;/h4-7,12-13,16H,2-3,8-11,20H2,1H3;1H. The molecule has 2 aliphatic rings. The molecular formula is C18H25BrClN3O2.